The average Bonchev–Trinajstić information content (AvgIpc) is 2.98. The Kier molecular flexibility index (Phi) is 4.67. The molecular formula is C19H18ClN3O. The van der Waals surface area contributed by atoms with Gasteiger partial charge in [0.2, 0.25) is 0 Å². The SMILES string of the molecule is Cc1c(C(=O)N[C@@H](C)c2ccc(Cl)cc2)cnn1-c1ccccc1. The third-order valence-electron chi connectivity index (χ3n) is 3.97. The second-order valence-electron chi connectivity index (χ2n) is 5.64. The van der Waals surface area contributed by atoms with Crippen LogP contribution >= 0.6 is 11.6 Å². The van der Waals surface area contributed by atoms with Gasteiger partial charge in [-0.15, -0.1) is 0 Å². The number of rotatable bonds is 4. The lowest BCUT2D eigenvalue weighted by molar-refractivity contribution is 0.0939. The third kappa shape index (κ3) is 3.34. The summed E-state index contributed by atoms with van der Waals surface area (Å²) in [5.41, 5.74) is 3.31. The van der Waals surface area contributed by atoms with Crippen molar-refractivity contribution in [1.82, 2.24) is 15.1 Å². The molecule has 0 unspecified atom stereocenters. The van der Waals surface area contributed by atoms with Crippen LogP contribution in [-0.2, 0) is 0 Å². The molecule has 2 aromatic carbocycles. The minimum Gasteiger partial charge on any atom is -0.345 e. The summed E-state index contributed by atoms with van der Waals surface area (Å²) in [4.78, 5) is 12.6. The summed E-state index contributed by atoms with van der Waals surface area (Å²) in [7, 11) is 0. The number of halogens is 1. The maximum atomic E-state index is 12.6. The molecule has 0 radical (unpaired) electrons. The molecule has 0 saturated carbocycles. The van der Waals surface area contributed by atoms with Crippen LogP contribution in [0, 0.1) is 6.92 Å². The van der Waals surface area contributed by atoms with Crippen LogP contribution in [0.5, 0.6) is 0 Å². The first-order valence-corrected chi connectivity index (χ1v) is 8.10. The van der Waals surface area contributed by atoms with Gasteiger partial charge in [-0.25, -0.2) is 4.68 Å². The summed E-state index contributed by atoms with van der Waals surface area (Å²) < 4.78 is 1.77. The number of hydrogen-bond acceptors (Lipinski definition) is 2. The zero-order valence-corrected chi connectivity index (χ0v) is 14.3. The van der Waals surface area contributed by atoms with Crippen LogP contribution in [-0.4, -0.2) is 15.7 Å². The maximum absolute atomic E-state index is 12.6. The smallest absolute Gasteiger partial charge is 0.255 e. The van der Waals surface area contributed by atoms with Gasteiger partial charge in [0.1, 0.15) is 0 Å². The number of benzene rings is 2. The number of amides is 1. The summed E-state index contributed by atoms with van der Waals surface area (Å²) in [5, 5.41) is 8.02. The predicted octanol–water partition coefficient (Wildman–Crippen LogP) is 4.33. The standard InChI is InChI=1S/C19H18ClN3O/c1-13(15-8-10-16(20)11-9-15)22-19(24)18-12-21-23(14(18)2)17-6-4-3-5-7-17/h3-13H,1-2H3,(H,22,24)/t13-/m0/s1. The van der Waals surface area contributed by atoms with Gasteiger partial charge >= 0.3 is 0 Å². The molecule has 1 atom stereocenters. The summed E-state index contributed by atoms with van der Waals surface area (Å²) in [5.74, 6) is -0.142. The molecule has 0 spiro atoms. The van der Waals surface area contributed by atoms with Crippen molar-refractivity contribution in [3.63, 3.8) is 0 Å². The monoisotopic (exact) mass is 339 g/mol. The topological polar surface area (TPSA) is 46.9 Å². The first-order valence-electron chi connectivity index (χ1n) is 7.72. The van der Waals surface area contributed by atoms with Gasteiger partial charge in [0, 0.05) is 5.02 Å². The van der Waals surface area contributed by atoms with Crippen molar-refractivity contribution in [3.8, 4) is 5.69 Å². The first kappa shape index (κ1) is 16.3. The van der Waals surface area contributed by atoms with Crippen molar-refractivity contribution < 1.29 is 4.79 Å². The van der Waals surface area contributed by atoms with Gasteiger partial charge in [0.25, 0.3) is 5.91 Å². The van der Waals surface area contributed by atoms with Crippen molar-refractivity contribution in [2.24, 2.45) is 0 Å². The fourth-order valence-electron chi connectivity index (χ4n) is 2.57. The molecule has 0 aliphatic heterocycles. The molecule has 1 N–H and O–H groups in total. The van der Waals surface area contributed by atoms with Crippen molar-refractivity contribution in [2.45, 2.75) is 19.9 Å². The van der Waals surface area contributed by atoms with Gasteiger partial charge in [-0.2, -0.15) is 5.10 Å². The van der Waals surface area contributed by atoms with Gasteiger partial charge in [-0.1, -0.05) is 41.9 Å². The van der Waals surface area contributed by atoms with Crippen molar-refractivity contribution >= 4 is 17.5 Å². The molecule has 0 aliphatic carbocycles. The van der Waals surface area contributed by atoms with E-state index in [1.165, 1.54) is 0 Å². The van der Waals surface area contributed by atoms with Crippen LogP contribution in [0.3, 0.4) is 0 Å². The van der Waals surface area contributed by atoms with Gasteiger partial charge in [0.05, 0.1) is 29.2 Å². The number of nitrogens with one attached hydrogen (secondary N) is 1. The van der Waals surface area contributed by atoms with E-state index in [2.05, 4.69) is 10.4 Å². The summed E-state index contributed by atoms with van der Waals surface area (Å²) in [6, 6.07) is 17.1. The van der Waals surface area contributed by atoms with E-state index in [0.717, 1.165) is 16.9 Å². The minimum atomic E-state index is -0.142. The Labute approximate surface area is 146 Å². The van der Waals surface area contributed by atoms with E-state index >= 15 is 0 Å². The Morgan fingerprint density at radius 1 is 1.12 bits per heavy atom. The molecule has 1 heterocycles. The van der Waals surface area contributed by atoms with E-state index in [0.29, 0.717) is 10.6 Å². The number of para-hydroxylation sites is 1. The number of carbonyl (C=O) groups excluding carboxylic acids is 1. The second kappa shape index (κ2) is 6.89. The van der Waals surface area contributed by atoms with E-state index in [1.807, 2.05) is 68.4 Å². The Morgan fingerprint density at radius 2 is 1.79 bits per heavy atom. The van der Waals surface area contributed by atoms with Crippen LogP contribution < -0.4 is 5.32 Å². The van der Waals surface area contributed by atoms with Crippen LogP contribution in [0.1, 0.15) is 34.6 Å². The van der Waals surface area contributed by atoms with E-state index in [9.17, 15) is 4.79 Å². The Balaban J connectivity index is 1.78. The zero-order valence-electron chi connectivity index (χ0n) is 13.5. The Morgan fingerprint density at radius 3 is 2.46 bits per heavy atom. The van der Waals surface area contributed by atoms with Crippen LogP contribution in [0.25, 0.3) is 5.69 Å². The summed E-state index contributed by atoms with van der Waals surface area (Å²) in [6.45, 7) is 3.83. The third-order valence-corrected chi connectivity index (χ3v) is 4.22. The van der Waals surface area contributed by atoms with Gasteiger partial charge in [-0.3, -0.25) is 4.79 Å². The van der Waals surface area contributed by atoms with Crippen LogP contribution in [0.4, 0.5) is 0 Å². The lowest BCUT2D eigenvalue weighted by Gasteiger charge is -2.14. The molecule has 122 valence electrons. The summed E-state index contributed by atoms with van der Waals surface area (Å²) >= 11 is 5.90. The fourth-order valence-corrected chi connectivity index (χ4v) is 2.70. The van der Waals surface area contributed by atoms with Gasteiger partial charge in [-0.05, 0) is 43.7 Å². The highest BCUT2D eigenvalue weighted by Crippen LogP contribution is 2.18. The summed E-state index contributed by atoms with van der Waals surface area (Å²) in [6.07, 6.45) is 1.60. The van der Waals surface area contributed by atoms with Crippen molar-refractivity contribution in [1.29, 1.82) is 0 Å². The molecule has 4 nitrogen and oxygen atoms in total. The van der Waals surface area contributed by atoms with Crippen LogP contribution in [0.2, 0.25) is 5.02 Å². The lowest BCUT2D eigenvalue weighted by Crippen LogP contribution is -2.27. The van der Waals surface area contributed by atoms with Gasteiger partial charge in [0.15, 0.2) is 0 Å². The van der Waals surface area contributed by atoms with E-state index < -0.39 is 0 Å². The fraction of sp³-hybridized carbons (Fsp3) is 0.158. The molecule has 1 amide bonds. The number of hydrogen-bond donors (Lipinski definition) is 1. The van der Waals surface area contributed by atoms with Crippen LogP contribution in [0.15, 0.2) is 60.8 Å². The molecule has 24 heavy (non-hydrogen) atoms. The normalized spacial score (nSPS) is 12.0. The highest BCUT2D eigenvalue weighted by Gasteiger charge is 2.17. The maximum Gasteiger partial charge on any atom is 0.255 e. The number of nitrogens with zero attached hydrogens (tertiary/aromatic N) is 2. The number of aromatic nitrogens is 2. The Bertz CT molecular complexity index is 841. The molecule has 0 aliphatic rings. The molecule has 3 rings (SSSR count). The number of carbonyl (C=O) groups is 1. The second-order valence-corrected chi connectivity index (χ2v) is 6.07. The quantitative estimate of drug-likeness (QED) is 0.769. The molecule has 1 aromatic heterocycles. The van der Waals surface area contributed by atoms with Gasteiger partial charge < -0.3 is 5.32 Å². The molecule has 5 heteroatoms. The largest absolute Gasteiger partial charge is 0.345 e. The Hall–Kier alpha value is -2.59. The van der Waals surface area contributed by atoms with E-state index in [4.69, 9.17) is 11.6 Å². The van der Waals surface area contributed by atoms with Crippen molar-refractivity contribution in [3.05, 3.63) is 82.6 Å². The molecule has 3 aromatic rings. The predicted molar refractivity (Wildman–Crippen MR) is 95.6 cm³/mol. The highest BCUT2D eigenvalue weighted by molar-refractivity contribution is 6.30. The minimum absolute atomic E-state index is 0.116. The molecular weight excluding hydrogens is 322 g/mol. The molecule has 0 bridgehead atoms. The van der Waals surface area contributed by atoms with E-state index in [-0.39, 0.29) is 11.9 Å². The molecule has 0 saturated heterocycles. The lowest BCUT2D eigenvalue weighted by atomic mass is 10.1. The zero-order chi connectivity index (χ0) is 17.1. The van der Waals surface area contributed by atoms with Crippen molar-refractivity contribution in [2.75, 3.05) is 0 Å². The first-order chi connectivity index (χ1) is 11.6. The highest BCUT2D eigenvalue weighted by atomic mass is 35.5. The molecule has 0 fully saturated rings. The van der Waals surface area contributed by atoms with E-state index in [1.54, 1.807) is 10.9 Å². The average molecular weight is 340 g/mol.